The number of anilines is 2. The van der Waals surface area contributed by atoms with Crippen LogP contribution in [0.1, 0.15) is 318 Å². The van der Waals surface area contributed by atoms with Crippen molar-refractivity contribution in [2.45, 2.75) is 340 Å². The predicted octanol–water partition coefficient (Wildman–Crippen LogP) is 24.7. The van der Waals surface area contributed by atoms with E-state index in [-0.39, 0.29) is 99.8 Å². The lowest BCUT2D eigenvalue weighted by atomic mass is 9.33. The highest BCUT2D eigenvalue weighted by Gasteiger charge is 2.76. The topological polar surface area (TPSA) is 295 Å². The average Bonchev–Trinajstić information content (AvgIpc) is 1.12. The molecule has 5 heterocycles. The molecule has 0 bridgehead atoms. The smallest absolute Gasteiger partial charge is 0.269 e. The maximum absolute atomic E-state index is 12.7. The van der Waals surface area contributed by atoms with Gasteiger partial charge in [-0.25, -0.2) is 21.2 Å². The summed E-state index contributed by atoms with van der Waals surface area (Å²) in [5, 5.41) is 40.7. The Bertz CT molecular complexity index is 5440. The summed E-state index contributed by atoms with van der Waals surface area (Å²) in [5.74, 6) is 10.1. The molecule has 0 radical (unpaired) electrons. The minimum atomic E-state index is -2.84. The number of hydrogen-bond acceptors (Lipinski definition) is 19. The molecule has 0 aromatic heterocycles. The largest absolute Gasteiger partial charge is 0.366 e. The van der Waals surface area contributed by atoms with Gasteiger partial charge in [-0.1, -0.05) is 106 Å². The maximum Gasteiger partial charge on any atom is 0.269 e. The number of rotatable bonds is 18. The lowest BCUT2D eigenvalue weighted by Gasteiger charge is -2.73. The molecule has 0 unspecified atom stereocenters. The van der Waals surface area contributed by atoms with Gasteiger partial charge in [-0.15, -0.1) is 0 Å². The Morgan fingerprint density at radius 2 is 0.757 bits per heavy atom. The van der Waals surface area contributed by atoms with Crippen molar-refractivity contribution in [1.82, 2.24) is 20.4 Å². The van der Waals surface area contributed by atoms with E-state index in [0.29, 0.717) is 149 Å². The SMILES string of the molecule is C.C=C(C)[C@@H]1CC[C@]2(C=O)CC[C@]3(C)[C@H](CC[C@@H]4[C@@]5(C)CCN(c6ccc([N+](=O)[O-])cc6)C(C)(C)[C@@H]5CC[C@]43C)[C@@H]12.C=C(C)[C@@H]1CC[C@]2(C=O)CC[C@]3(C)[C@H](CC[C@@H]4[C@@]5(C)CCNC(C)(C)[C@@H]5CC[C@]43C)[C@@H]12.C=C(C)[C@@H]1CC[C@]2(NCCCN3CCS(=O)(=O)CC3)CC[C@]3(C)[C@H](CC[C@@H]4[C@@]5(C)CCN(c6ccc([N+](=O)[O-])cc6)C(C)(C)[C@@H]5CC[C@]43C)[C@@H]12.NCCCN1CCS(=O)(=O)CC1.O=[N+]([O-])c1ccc(F)cc1. The minimum absolute atomic E-state index is 0. The molecule has 0 spiro atoms. The van der Waals surface area contributed by atoms with Crippen molar-refractivity contribution in [2.24, 2.45) is 154 Å². The van der Waals surface area contributed by atoms with Crippen LogP contribution in [0.5, 0.6) is 0 Å². The van der Waals surface area contributed by atoms with Gasteiger partial charge in [0.15, 0.2) is 19.7 Å². The highest BCUT2D eigenvalue weighted by molar-refractivity contribution is 7.91. The van der Waals surface area contributed by atoms with Gasteiger partial charge in [0.25, 0.3) is 17.1 Å². The van der Waals surface area contributed by atoms with E-state index in [0.717, 1.165) is 132 Å². The monoisotopic (exact) mass is 2030 g/mol. The normalized spacial score (nSPS) is 41.8. The van der Waals surface area contributed by atoms with Crippen molar-refractivity contribution in [3.8, 4) is 0 Å². The molecule has 12 saturated carbocycles. The molecule has 0 amide bonds. The maximum atomic E-state index is 12.7. The lowest BCUT2D eigenvalue weighted by Crippen LogP contribution is -2.71. The van der Waals surface area contributed by atoms with Gasteiger partial charge in [0.2, 0.25) is 0 Å². The number of sulfone groups is 2. The summed E-state index contributed by atoms with van der Waals surface area (Å²) >= 11 is 0. The van der Waals surface area contributed by atoms with Crippen molar-refractivity contribution >= 4 is 60.7 Å². The number of carbonyl (C=O) groups is 2. The van der Waals surface area contributed by atoms with Crippen LogP contribution in [-0.2, 0) is 29.3 Å². The van der Waals surface area contributed by atoms with E-state index in [4.69, 9.17) is 5.73 Å². The zero-order chi connectivity index (χ0) is 104. The number of nitrogens with zero attached hydrogens (tertiary/aromatic N) is 7. The molecule has 5 saturated heterocycles. The van der Waals surface area contributed by atoms with Crippen LogP contribution >= 0.6 is 0 Å². The summed E-state index contributed by atoms with van der Waals surface area (Å²) in [6, 6.07) is 18.8. The Labute approximate surface area is 865 Å². The van der Waals surface area contributed by atoms with Crippen LogP contribution in [0.4, 0.5) is 32.8 Å². The number of non-ortho nitro benzene ring substituents is 3. The van der Waals surface area contributed by atoms with Gasteiger partial charge in [0.05, 0.1) is 37.8 Å². The number of halogens is 1. The third kappa shape index (κ3) is 18.9. The van der Waals surface area contributed by atoms with Crippen molar-refractivity contribution in [3.05, 3.63) is 145 Å². The van der Waals surface area contributed by atoms with E-state index in [1.54, 1.807) is 24.3 Å². The number of nitro benzene ring substituents is 3. The number of nitro groups is 3. The number of nitrogens with one attached hydrogen (secondary N) is 2. The van der Waals surface area contributed by atoms with E-state index in [9.17, 15) is 61.2 Å². The first-order valence-electron chi connectivity index (χ1n) is 55.9. The number of nitrogens with two attached hydrogens (primary N) is 1. The number of piperidine rings is 3. The average molecular weight is 2030 g/mol. The molecule has 20 rings (SSSR count). The zero-order valence-electron chi connectivity index (χ0n) is 90.8. The number of allylic oxidation sites excluding steroid dienone is 3. The Morgan fingerprint density at radius 3 is 1.12 bits per heavy atom. The van der Waals surface area contributed by atoms with Crippen molar-refractivity contribution in [2.75, 3.05) is 105 Å². The fourth-order valence-electron chi connectivity index (χ4n) is 39.2. The molecule has 3 aromatic rings. The summed E-state index contributed by atoms with van der Waals surface area (Å²) < 4.78 is 58.0. The van der Waals surface area contributed by atoms with Crippen LogP contribution in [-0.4, -0.2) is 171 Å². The summed E-state index contributed by atoms with van der Waals surface area (Å²) in [4.78, 5) is 66.3. The first-order chi connectivity index (χ1) is 67.0. The van der Waals surface area contributed by atoms with Crippen molar-refractivity contribution < 1.29 is 45.6 Å². The first-order valence-corrected chi connectivity index (χ1v) is 59.5. The Balaban J connectivity index is 0.000000148. The molecule has 17 aliphatic rings. The van der Waals surface area contributed by atoms with Gasteiger partial charge in [-0.05, 0) is 455 Å². The third-order valence-corrected chi connectivity index (χ3v) is 50.2. The molecule has 5 aliphatic heterocycles. The summed E-state index contributed by atoms with van der Waals surface area (Å²) in [6.45, 7) is 68.3. The van der Waals surface area contributed by atoms with E-state index in [2.05, 4.69) is 175 Å². The molecule has 4 N–H and O–H groups in total. The van der Waals surface area contributed by atoms with Crippen LogP contribution in [0, 0.1) is 184 Å². The molecular formula is C119H185FN10O12S2. The fourth-order valence-corrected chi connectivity index (χ4v) is 41.8. The first kappa shape index (κ1) is 112. The second kappa shape index (κ2) is 40.7. The van der Waals surface area contributed by atoms with Gasteiger partial charge >= 0.3 is 0 Å². The van der Waals surface area contributed by atoms with Crippen LogP contribution in [0.3, 0.4) is 0 Å². The number of aldehydes is 2. The molecule has 17 fully saturated rings. The minimum Gasteiger partial charge on any atom is -0.366 e. The molecule has 144 heavy (non-hydrogen) atoms. The quantitative estimate of drug-likeness (QED) is 0.0350. The summed E-state index contributed by atoms with van der Waals surface area (Å²) in [6.07, 6.45) is 38.1. The standard InChI is InChI=1S/C41H64N4O4S.C35H50N2O3.C29H47NO.C7H16N2O2S.C6H4FNO2.CH4/c1-29(2)32-15-18-41(42-22-8-23-43-25-27-50(48,49)28-26-43)20-19-39(6)33(36(32)41)13-14-35-38(5)21-24-44(30-9-11-31(12-10-30)45(46)47)37(3,4)34(38)16-17-40(35,39)7;1-23(2)26-14-17-35(22-38)19-18-33(6)27(30(26)35)12-13-29-32(5)20-21-36(24-8-10-25(11-9-24)37(39)40)31(3,4)28(32)15-16-34(29,33)7;1-19(2)20-10-13-29(18-31)15-14-27(6)21(24(20)29)8-9-23-26(5)16-17-30-25(3,4)22(26)11-12-28(23,27)7;8-2-1-3-9-4-6-12(10,11)7-5-9;7-5-1-3-6(4-2-5)8(9)10;/h9-12,32-36,42H,1,8,13-28H2,2-7H3;8-11,22,26-30H,1,12-21H2,2-7H3;18,20-24,30H,1,8-17H2,2-7H3;1-8H2;1-4H;1H4/t32-,33+,34-,35+,36+,38-,39+,40+,41-;26-,27+,28-,29+,30+,32-,33+,34+,35+;20-,21+,22-,23+,24+,26-,27+,28+,29+;;;/m000.../s1. The Morgan fingerprint density at radius 1 is 0.417 bits per heavy atom. The Kier molecular flexibility index (Phi) is 31.6. The van der Waals surface area contributed by atoms with Gasteiger partial charge < -0.3 is 45.6 Å². The van der Waals surface area contributed by atoms with E-state index >= 15 is 0 Å². The Hall–Kier alpha value is -6.35. The zero-order valence-corrected chi connectivity index (χ0v) is 92.4. The molecule has 3 aromatic carbocycles. The molecule has 27 atom stereocenters. The number of fused-ring (bicyclic) bond motifs is 21. The predicted molar refractivity (Wildman–Crippen MR) is 582 cm³/mol. The molecular weight excluding hydrogens is 1840 g/mol. The molecule has 12 aliphatic carbocycles. The second-order valence-corrected chi connectivity index (χ2v) is 58.2. The summed E-state index contributed by atoms with van der Waals surface area (Å²) in [7, 11) is -5.56. The highest BCUT2D eigenvalue weighted by Crippen LogP contribution is 2.81. The van der Waals surface area contributed by atoms with Crippen molar-refractivity contribution in [1.29, 1.82) is 0 Å². The third-order valence-electron chi connectivity index (χ3n) is 47.0. The van der Waals surface area contributed by atoms with Crippen LogP contribution in [0.2, 0.25) is 0 Å². The van der Waals surface area contributed by atoms with Crippen LogP contribution < -0.4 is 26.2 Å². The molecule has 25 heteroatoms. The second-order valence-electron chi connectivity index (χ2n) is 53.6. The number of carbonyl (C=O) groups excluding carboxylic acids is 2. The van der Waals surface area contributed by atoms with E-state index in [1.165, 1.54) is 171 Å². The van der Waals surface area contributed by atoms with Crippen molar-refractivity contribution in [3.63, 3.8) is 0 Å². The van der Waals surface area contributed by atoms with E-state index < -0.39 is 30.4 Å². The lowest BCUT2D eigenvalue weighted by molar-refractivity contribution is -0.385. The van der Waals surface area contributed by atoms with Gasteiger partial charge in [0.1, 0.15) is 18.4 Å². The summed E-state index contributed by atoms with van der Waals surface area (Å²) in [5.41, 5.74) is 14.8. The van der Waals surface area contributed by atoms with E-state index in [1.807, 2.05) is 24.3 Å². The van der Waals surface area contributed by atoms with Crippen LogP contribution in [0.25, 0.3) is 0 Å². The van der Waals surface area contributed by atoms with Crippen LogP contribution in [0.15, 0.2) is 109 Å². The number of benzene rings is 3. The van der Waals surface area contributed by atoms with Gasteiger partial charge in [-0.2, -0.15) is 0 Å². The molecule has 802 valence electrons. The molecule has 22 nitrogen and oxygen atoms in total. The van der Waals surface area contributed by atoms with Gasteiger partial charge in [-0.3, -0.25) is 30.3 Å². The highest BCUT2D eigenvalue weighted by atomic mass is 32.2. The number of hydrogen-bond donors (Lipinski definition) is 3. The fraction of sp³-hybridized carbons (Fsp3) is 0.782. The van der Waals surface area contributed by atoms with Gasteiger partial charge in [0, 0.05) is 120 Å².